The van der Waals surface area contributed by atoms with E-state index in [1.54, 1.807) is 6.07 Å². The molecule has 3 aromatic rings. The third kappa shape index (κ3) is 4.99. The second-order valence-corrected chi connectivity index (χ2v) is 6.76. The number of carboxylic acids is 1. The molecule has 0 aliphatic heterocycles. The number of hydrogen-bond donors (Lipinski definition) is 2. The molecular formula is C24H25NO3. The summed E-state index contributed by atoms with van der Waals surface area (Å²) in [5, 5.41) is 9.09. The molecule has 0 aromatic heterocycles. The van der Waals surface area contributed by atoms with Crippen LogP contribution in [-0.4, -0.2) is 11.1 Å². The molecule has 3 rings (SSSR count). The molecule has 3 N–H and O–H groups in total. The van der Waals surface area contributed by atoms with Gasteiger partial charge in [0, 0.05) is 12.1 Å². The monoisotopic (exact) mass is 375 g/mol. The van der Waals surface area contributed by atoms with Gasteiger partial charge in [-0.2, -0.15) is 0 Å². The predicted octanol–water partition coefficient (Wildman–Crippen LogP) is 4.58. The fraction of sp³-hybridized carbons (Fsp3) is 0.208. The van der Waals surface area contributed by atoms with Gasteiger partial charge in [0.15, 0.2) is 0 Å². The Morgan fingerprint density at radius 1 is 0.929 bits per heavy atom. The lowest BCUT2D eigenvalue weighted by Gasteiger charge is -2.13. The summed E-state index contributed by atoms with van der Waals surface area (Å²) in [6.07, 6.45) is 0.870. The molecule has 144 valence electrons. The van der Waals surface area contributed by atoms with Gasteiger partial charge < -0.3 is 15.6 Å². The quantitative estimate of drug-likeness (QED) is 0.604. The van der Waals surface area contributed by atoms with Crippen LogP contribution in [0, 0.1) is 0 Å². The average molecular weight is 375 g/mol. The molecule has 0 aliphatic carbocycles. The van der Waals surface area contributed by atoms with E-state index >= 15 is 0 Å². The number of carboxylic acid groups (broad SMARTS) is 1. The molecule has 0 radical (unpaired) electrons. The zero-order valence-electron chi connectivity index (χ0n) is 16.0. The van der Waals surface area contributed by atoms with Crippen LogP contribution in [-0.2, 0) is 30.8 Å². The molecule has 0 atom stereocenters. The van der Waals surface area contributed by atoms with Crippen LogP contribution in [0.1, 0.15) is 29.2 Å². The van der Waals surface area contributed by atoms with Crippen molar-refractivity contribution in [2.24, 2.45) is 5.73 Å². The molecule has 0 aliphatic rings. The van der Waals surface area contributed by atoms with Crippen LogP contribution in [0.3, 0.4) is 0 Å². The van der Waals surface area contributed by atoms with Crippen LogP contribution in [0.25, 0.3) is 11.1 Å². The SMILES string of the molecule is CCc1cc(COc2ccccc2CC(=O)O)cc(-c2cccc(CN)c2)c1. The summed E-state index contributed by atoms with van der Waals surface area (Å²) >= 11 is 0. The molecule has 0 saturated heterocycles. The Hall–Kier alpha value is -3.11. The first-order valence-electron chi connectivity index (χ1n) is 9.43. The maximum Gasteiger partial charge on any atom is 0.307 e. The highest BCUT2D eigenvalue weighted by Crippen LogP contribution is 2.26. The van der Waals surface area contributed by atoms with Gasteiger partial charge in [0.1, 0.15) is 12.4 Å². The van der Waals surface area contributed by atoms with Gasteiger partial charge in [0.25, 0.3) is 0 Å². The molecule has 3 aromatic carbocycles. The largest absolute Gasteiger partial charge is 0.489 e. The Kier molecular flexibility index (Phi) is 6.45. The summed E-state index contributed by atoms with van der Waals surface area (Å²) in [6, 6.07) is 22.0. The van der Waals surface area contributed by atoms with E-state index in [2.05, 4.69) is 37.3 Å². The van der Waals surface area contributed by atoms with Gasteiger partial charge in [-0.1, -0.05) is 55.5 Å². The number of hydrogen-bond acceptors (Lipinski definition) is 3. The van der Waals surface area contributed by atoms with Crippen molar-refractivity contribution in [3.05, 3.63) is 89.0 Å². The number of carbonyl (C=O) groups is 1. The lowest BCUT2D eigenvalue weighted by Crippen LogP contribution is -2.04. The Bertz CT molecular complexity index is 966. The molecular weight excluding hydrogens is 350 g/mol. The Morgan fingerprint density at radius 2 is 1.68 bits per heavy atom. The predicted molar refractivity (Wildman–Crippen MR) is 111 cm³/mol. The molecule has 0 fully saturated rings. The smallest absolute Gasteiger partial charge is 0.307 e. The Balaban J connectivity index is 1.86. The summed E-state index contributed by atoms with van der Waals surface area (Å²) in [4.78, 5) is 11.1. The Labute approximate surface area is 165 Å². The minimum absolute atomic E-state index is 0.0533. The minimum atomic E-state index is -0.869. The van der Waals surface area contributed by atoms with Crippen LogP contribution in [0.5, 0.6) is 5.75 Å². The van der Waals surface area contributed by atoms with Crippen molar-refractivity contribution in [1.29, 1.82) is 0 Å². The molecule has 28 heavy (non-hydrogen) atoms. The second-order valence-electron chi connectivity index (χ2n) is 6.76. The van der Waals surface area contributed by atoms with Crippen molar-refractivity contribution in [3.63, 3.8) is 0 Å². The zero-order chi connectivity index (χ0) is 19.9. The highest BCUT2D eigenvalue weighted by Gasteiger charge is 2.09. The standard InChI is InChI=1S/C24H25NO3/c1-2-17-10-19(13-22(11-17)20-8-5-6-18(12-20)15-25)16-28-23-9-4-3-7-21(23)14-24(26)27/h3-13H,2,14-16,25H2,1H3,(H,26,27). The van der Waals surface area contributed by atoms with Gasteiger partial charge in [-0.05, 0) is 52.4 Å². The van der Waals surface area contributed by atoms with E-state index in [0.717, 1.165) is 28.7 Å². The molecule has 0 amide bonds. The molecule has 4 nitrogen and oxygen atoms in total. The van der Waals surface area contributed by atoms with E-state index in [1.165, 1.54) is 5.56 Å². The zero-order valence-corrected chi connectivity index (χ0v) is 16.0. The van der Waals surface area contributed by atoms with Gasteiger partial charge in [0.2, 0.25) is 0 Å². The summed E-state index contributed by atoms with van der Waals surface area (Å²) in [5.41, 5.74) is 12.1. The number of rotatable bonds is 8. The molecule has 4 heteroatoms. The maximum absolute atomic E-state index is 11.1. The fourth-order valence-electron chi connectivity index (χ4n) is 3.21. The molecule has 0 heterocycles. The van der Waals surface area contributed by atoms with E-state index < -0.39 is 5.97 Å². The summed E-state index contributed by atoms with van der Waals surface area (Å²) in [7, 11) is 0. The van der Waals surface area contributed by atoms with Crippen molar-refractivity contribution in [1.82, 2.24) is 0 Å². The molecule has 0 bridgehead atoms. The molecule has 0 unspecified atom stereocenters. The summed E-state index contributed by atoms with van der Waals surface area (Å²) < 4.78 is 5.98. The number of nitrogens with two attached hydrogens (primary N) is 1. The van der Waals surface area contributed by atoms with E-state index in [0.29, 0.717) is 24.5 Å². The van der Waals surface area contributed by atoms with E-state index in [-0.39, 0.29) is 6.42 Å². The number of para-hydroxylation sites is 1. The third-order valence-electron chi connectivity index (χ3n) is 4.67. The lowest BCUT2D eigenvalue weighted by molar-refractivity contribution is -0.136. The van der Waals surface area contributed by atoms with Crippen LogP contribution in [0.15, 0.2) is 66.7 Å². The summed E-state index contributed by atoms with van der Waals surface area (Å²) in [5.74, 6) is -0.260. The van der Waals surface area contributed by atoms with E-state index in [1.807, 2.05) is 30.3 Å². The Morgan fingerprint density at radius 3 is 2.43 bits per heavy atom. The van der Waals surface area contributed by atoms with Crippen molar-refractivity contribution in [2.75, 3.05) is 0 Å². The third-order valence-corrected chi connectivity index (χ3v) is 4.67. The first-order chi connectivity index (χ1) is 13.6. The van der Waals surface area contributed by atoms with Crippen LogP contribution in [0.4, 0.5) is 0 Å². The lowest BCUT2D eigenvalue weighted by atomic mass is 9.97. The van der Waals surface area contributed by atoms with Gasteiger partial charge >= 0.3 is 5.97 Å². The number of ether oxygens (including phenoxy) is 1. The topological polar surface area (TPSA) is 72.5 Å². The highest BCUT2D eigenvalue weighted by atomic mass is 16.5. The first kappa shape index (κ1) is 19.6. The van der Waals surface area contributed by atoms with Crippen molar-refractivity contribution >= 4 is 5.97 Å². The highest BCUT2D eigenvalue weighted by molar-refractivity contribution is 5.71. The van der Waals surface area contributed by atoms with Gasteiger partial charge in [0.05, 0.1) is 6.42 Å². The first-order valence-corrected chi connectivity index (χ1v) is 9.43. The van der Waals surface area contributed by atoms with Crippen molar-refractivity contribution in [2.45, 2.75) is 32.9 Å². The van der Waals surface area contributed by atoms with Crippen LogP contribution < -0.4 is 10.5 Å². The minimum Gasteiger partial charge on any atom is -0.489 e. The molecule has 0 spiro atoms. The van der Waals surface area contributed by atoms with Gasteiger partial charge in [-0.15, -0.1) is 0 Å². The normalized spacial score (nSPS) is 10.6. The van der Waals surface area contributed by atoms with Crippen LogP contribution in [0.2, 0.25) is 0 Å². The number of benzene rings is 3. The van der Waals surface area contributed by atoms with E-state index in [4.69, 9.17) is 15.6 Å². The van der Waals surface area contributed by atoms with Gasteiger partial charge in [-0.3, -0.25) is 4.79 Å². The average Bonchev–Trinajstić information content (AvgIpc) is 2.72. The van der Waals surface area contributed by atoms with Gasteiger partial charge in [-0.25, -0.2) is 0 Å². The molecule has 0 saturated carbocycles. The number of aliphatic carboxylic acids is 1. The summed E-state index contributed by atoms with van der Waals surface area (Å²) in [6.45, 7) is 3.02. The van der Waals surface area contributed by atoms with Crippen LogP contribution >= 0.6 is 0 Å². The van der Waals surface area contributed by atoms with Crippen molar-refractivity contribution < 1.29 is 14.6 Å². The fourth-order valence-corrected chi connectivity index (χ4v) is 3.21. The number of aryl methyl sites for hydroxylation is 1. The maximum atomic E-state index is 11.1. The van der Waals surface area contributed by atoms with E-state index in [9.17, 15) is 4.79 Å². The van der Waals surface area contributed by atoms with Crippen molar-refractivity contribution in [3.8, 4) is 16.9 Å². The second kappa shape index (κ2) is 9.20.